The van der Waals surface area contributed by atoms with Crippen molar-refractivity contribution in [2.75, 3.05) is 32.9 Å². The Hall–Kier alpha value is -3.45. The number of phenols is 1. The largest absolute Gasteiger partial charge is 0.508 e. The Bertz CT molecular complexity index is 1230. The zero-order valence-corrected chi connectivity index (χ0v) is 21.3. The van der Waals surface area contributed by atoms with Gasteiger partial charge in [-0.25, -0.2) is 9.97 Å². The molecule has 1 saturated heterocycles. The van der Waals surface area contributed by atoms with Crippen LogP contribution in [0.1, 0.15) is 54.9 Å². The van der Waals surface area contributed by atoms with E-state index in [2.05, 4.69) is 27.0 Å². The van der Waals surface area contributed by atoms with Crippen LogP contribution in [0.2, 0.25) is 0 Å². The normalized spacial score (nSPS) is 17.9. The topological polar surface area (TPSA) is 67.7 Å². The predicted octanol–water partition coefficient (Wildman–Crippen LogP) is 5.69. The van der Waals surface area contributed by atoms with Crippen molar-refractivity contribution < 1.29 is 19.0 Å². The molecule has 5 rings (SSSR count). The first kappa shape index (κ1) is 25.2. The summed E-state index contributed by atoms with van der Waals surface area (Å²) >= 11 is 0. The van der Waals surface area contributed by atoms with Gasteiger partial charge in [0.1, 0.15) is 17.6 Å². The molecule has 2 aliphatic rings. The van der Waals surface area contributed by atoms with Crippen molar-refractivity contribution in [1.29, 1.82) is 0 Å². The molecule has 3 aromatic rings. The van der Waals surface area contributed by atoms with Gasteiger partial charge in [-0.2, -0.15) is 0 Å². The number of fused-ring (bicyclic) bond motifs is 1. The number of phenolic OH excluding ortho intramolecular Hbond substituents is 1. The Morgan fingerprint density at radius 1 is 1.05 bits per heavy atom. The van der Waals surface area contributed by atoms with Gasteiger partial charge in [-0.05, 0) is 91.1 Å². The van der Waals surface area contributed by atoms with E-state index in [-0.39, 0.29) is 18.5 Å². The molecule has 1 aliphatic heterocycles. The van der Waals surface area contributed by atoms with E-state index in [1.165, 1.54) is 5.57 Å². The van der Waals surface area contributed by atoms with Crippen LogP contribution in [-0.2, 0) is 6.42 Å². The molecule has 1 fully saturated rings. The maximum atomic E-state index is 12.5. The Morgan fingerprint density at radius 2 is 1.86 bits per heavy atom. The van der Waals surface area contributed by atoms with Crippen molar-refractivity contribution in [3.8, 4) is 17.5 Å². The van der Waals surface area contributed by atoms with E-state index < -0.39 is 0 Å². The number of halogens is 1. The lowest BCUT2D eigenvalue weighted by Crippen LogP contribution is -2.26. The summed E-state index contributed by atoms with van der Waals surface area (Å²) in [6.45, 7) is 4.75. The molecule has 0 radical (unpaired) electrons. The molecule has 7 heteroatoms. The van der Waals surface area contributed by atoms with Crippen molar-refractivity contribution in [3.63, 3.8) is 0 Å². The Kier molecular flexibility index (Phi) is 7.99. The number of rotatable bonds is 9. The number of allylic oxidation sites excluding steroid dienone is 1. The maximum absolute atomic E-state index is 12.5. The first-order chi connectivity index (χ1) is 18.1. The summed E-state index contributed by atoms with van der Waals surface area (Å²) in [7, 11) is 0. The molecule has 1 aliphatic carbocycles. The van der Waals surface area contributed by atoms with Crippen LogP contribution in [0.4, 0.5) is 4.39 Å². The van der Waals surface area contributed by atoms with E-state index in [4.69, 9.17) is 9.47 Å². The van der Waals surface area contributed by atoms with Crippen molar-refractivity contribution >= 4 is 11.1 Å². The van der Waals surface area contributed by atoms with E-state index in [0.717, 1.165) is 78.9 Å². The SMILES string of the molecule is CCOc1ncc(C2=C(c3ccc(O[C@H]4CCN(CCCF)C4)cc3)c3ccc(O)cc3CCC2)cn1. The molecular formula is C30H34FN3O3. The fourth-order valence-corrected chi connectivity index (χ4v) is 5.34. The molecule has 1 aromatic heterocycles. The first-order valence-electron chi connectivity index (χ1n) is 13.2. The quantitative estimate of drug-likeness (QED) is 0.405. The number of hydrogen-bond donors (Lipinski definition) is 1. The molecule has 2 aromatic carbocycles. The van der Waals surface area contributed by atoms with E-state index in [0.29, 0.717) is 19.0 Å². The second-order valence-corrected chi connectivity index (χ2v) is 9.63. The maximum Gasteiger partial charge on any atom is 0.316 e. The van der Waals surface area contributed by atoms with Gasteiger partial charge in [0.15, 0.2) is 0 Å². The third-order valence-corrected chi connectivity index (χ3v) is 7.07. The van der Waals surface area contributed by atoms with Crippen LogP contribution in [0.25, 0.3) is 11.1 Å². The molecule has 37 heavy (non-hydrogen) atoms. The highest BCUT2D eigenvalue weighted by Gasteiger charge is 2.24. The minimum Gasteiger partial charge on any atom is -0.508 e. The number of likely N-dealkylation sites (tertiary alicyclic amines) is 1. The third-order valence-electron chi connectivity index (χ3n) is 7.07. The molecule has 0 unspecified atom stereocenters. The van der Waals surface area contributed by atoms with Crippen LogP contribution in [-0.4, -0.2) is 59.0 Å². The van der Waals surface area contributed by atoms with E-state index in [1.54, 1.807) is 6.07 Å². The van der Waals surface area contributed by atoms with Crippen LogP contribution < -0.4 is 9.47 Å². The number of hydrogen-bond acceptors (Lipinski definition) is 6. The number of aromatic nitrogens is 2. The molecule has 1 N–H and O–H groups in total. The number of ether oxygens (including phenoxy) is 2. The predicted molar refractivity (Wildman–Crippen MR) is 143 cm³/mol. The van der Waals surface area contributed by atoms with E-state index in [1.807, 2.05) is 43.6 Å². The van der Waals surface area contributed by atoms with Gasteiger partial charge in [0.2, 0.25) is 0 Å². The Balaban J connectivity index is 1.45. The number of nitrogens with zero attached hydrogens (tertiary/aromatic N) is 3. The number of alkyl halides is 1. The second kappa shape index (κ2) is 11.7. The van der Waals surface area contributed by atoms with Crippen molar-refractivity contribution in [2.24, 2.45) is 0 Å². The van der Waals surface area contributed by atoms with Gasteiger partial charge < -0.3 is 14.6 Å². The molecule has 0 bridgehead atoms. The molecule has 0 saturated carbocycles. The molecule has 0 amide bonds. The van der Waals surface area contributed by atoms with Gasteiger partial charge in [0.05, 0.1) is 13.3 Å². The summed E-state index contributed by atoms with van der Waals surface area (Å²) in [5.41, 5.74) is 6.62. The first-order valence-corrected chi connectivity index (χ1v) is 13.2. The van der Waals surface area contributed by atoms with Crippen molar-refractivity contribution in [1.82, 2.24) is 14.9 Å². The molecule has 6 nitrogen and oxygen atoms in total. The minimum absolute atomic E-state index is 0.128. The zero-order valence-electron chi connectivity index (χ0n) is 21.3. The highest BCUT2D eigenvalue weighted by Crippen LogP contribution is 2.41. The molecule has 0 spiro atoms. The van der Waals surface area contributed by atoms with Crippen molar-refractivity contribution in [3.05, 3.63) is 77.1 Å². The fourth-order valence-electron chi connectivity index (χ4n) is 5.34. The lowest BCUT2D eigenvalue weighted by molar-refractivity contribution is 0.198. The van der Waals surface area contributed by atoms with Gasteiger partial charge in [-0.1, -0.05) is 18.2 Å². The highest BCUT2D eigenvalue weighted by atomic mass is 19.1. The molecule has 2 heterocycles. The third kappa shape index (κ3) is 5.93. The van der Waals surface area contributed by atoms with E-state index >= 15 is 0 Å². The highest BCUT2D eigenvalue weighted by molar-refractivity contribution is 5.99. The lowest BCUT2D eigenvalue weighted by atomic mass is 9.88. The van der Waals surface area contributed by atoms with Gasteiger partial charge >= 0.3 is 6.01 Å². The number of aryl methyl sites for hydroxylation is 1. The lowest BCUT2D eigenvalue weighted by Gasteiger charge is -2.18. The van der Waals surface area contributed by atoms with Crippen LogP contribution >= 0.6 is 0 Å². The smallest absolute Gasteiger partial charge is 0.316 e. The Morgan fingerprint density at radius 3 is 2.62 bits per heavy atom. The van der Waals surface area contributed by atoms with Gasteiger partial charge in [-0.3, -0.25) is 9.29 Å². The minimum atomic E-state index is -0.271. The van der Waals surface area contributed by atoms with E-state index in [9.17, 15) is 9.50 Å². The average molecular weight is 504 g/mol. The van der Waals surface area contributed by atoms with Gasteiger partial charge in [0, 0.05) is 37.6 Å². The average Bonchev–Trinajstić information content (AvgIpc) is 3.27. The van der Waals surface area contributed by atoms with Gasteiger partial charge in [-0.15, -0.1) is 0 Å². The van der Waals surface area contributed by atoms with Crippen LogP contribution in [0.5, 0.6) is 17.5 Å². The standard InChI is InChI=1S/C30H34FN3O3/c1-2-36-30-32-18-23(19-33-30)27-6-3-5-22-17-24(35)9-12-28(22)29(27)21-7-10-25(11-8-21)37-26-13-16-34(20-26)15-4-14-31/h7-12,17-19,26,35H,2-6,13-16,20H2,1H3/t26-/m0/s1. The second-order valence-electron chi connectivity index (χ2n) is 9.63. The van der Waals surface area contributed by atoms with Crippen LogP contribution in [0.3, 0.4) is 0 Å². The summed E-state index contributed by atoms with van der Waals surface area (Å²) in [5.74, 6) is 1.12. The number of benzene rings is 2. The van der Waals surface area contributed by atoms with Crippen molar-refractivity contribution in [2.45, 2.75) is 45.1 Å². The summed E-state index contributed by atoms with van der Waals surface area (Å²) in [4.78, 5) is 11.1. The zero-order chi connectivity index (χ0) is 25.6. The van der Waals surface area contributed by atoms with Crippen LogP contribution in [0.15, 0.2) is 54.9 Å². The number of aromatic hydroxyl groups is 1. The summed E-state index contributed by atoms with van der Waals surface area (Å²) < 4.78 is 24.2. The fraction of sp³-hybridized carbons (Fsp3) is 0.400. The summed E-state index contributed by atoms with van der Waals surface area (Å²) in [6.07, 6.45) is 8.06. The molecular weight excluding hydrogens is 469 g/mol. The van der Waals surface area contributed by atoms with Crippen LogP contribution in [0, 0.1) is 0 Å². The monoisotopic (exact) mass is 503 g/mol. The summed E-state index contributed by atoms with van der Waals surface area (Å²) in [6, 6.07) is 14.3. The summed E-state index contributed by atoms with van der Waals surface area (Å²) in [5, 5.41) is 10.2. The molecule has 194 valence electrons. The Labute approximate surface area is 217 Å². The molecule has 1 atom stereocenters. The van der Waals surface area contributed by atoms with Gasteiger partial charge in [0.25, 0.3) is 0 Å².